The Labute approximate surface area is 246 Å². The van der Waals surface area contributed by atoms with Gasteiger partial charge in [0.2, 0.25) is 5.60 Å². The maximum Gasteiger partial charge on any atom is 0.341 e. The second kappa shape index (κ2) is 11.1. The molecule has 3 heterocycles. The first-order chi connectivity index (χ1) is 20.4. The van der Waals surface area contributed by atoms with E-state index in [0.717, 1.165) is 65.6 Å². The van der Waals surface area contributed by atoms with Crippen molar-refractivity contribution in [3.63, 3.8) is 0 Å². The second-order valence-electron chi connectivity index (χ2n) is 11.0. The van der Waals surface area contributed by atoms with Crippen LogP contribution < -0.4 is 10.1 Å². The normalized spacial score (nSPS) is 23.5. The summed E-state index contributed by atoms with van der Waals surface area (Å²) in [5, 5.41) is 4.65. The molecule has 1 saturated carbocycles. The Morgan fingerprint density at radius 1 is 1.10 bits per heavy atom. The van der Waals surface area contributed by atoms with Crippen molar-refractivity contribution in [2.45, 2.75) is 70.4 Å². The predicted molar refractivity (Wildman–Crippen MR) is 162 cm³/mol. The second-order valence-corrected chi connectivity index (χ2v) is 11.0. The van der Waals surface area contributed by atoms with E-state index in [1.807, 2.05) is 37.3 Å². The summed E-state index contributed by atoms with van der Waals surface area (Å²) in [5.41, 5.74) is 3.60. The molecule has 0 spiro atoms. The lowest BCUT2D eigenvalue weighted by atomic mass is 9.80. The molecule has 1 fully saturated rings. The number of hydrogen-bond donors (Lipinski definition) is 1. The summed E-state index contributed by atoms with van der Waals surface area (Å²) in [5.74, 6) is 0.205. The lowest BCUT2D eigenvalue weighted by Gasteiger charge is -2.43. The number of nitrogens with one attached hydrogen (secondary N) is 1. The average molecular weight is 570 g/mol. The highest BCUT2D eigenvalue weighted by Gasteiger charge is 2.54. The summed E-state index contributed by atoms with van der Waals surface area (Å²) in [6.07, 6.45) is 5.50. The monoisotopic (exact) mass is 569 g/mol. The molecule has 2 aromatic heterocycles. The van der Waals surface area contributed by atoms with Gasteiger partial charge in [-0.1, -0.05) is 24.6 Å². The number of benzene rings is 2. The first-order valence-corrected chi connectivity index (χ1v) is 14.8. The Balaban J connectivity index is 1.59. The Morgan fingerprint density at radius 3 is 2.69 bits per heavy atom. The van der Waals surface area contributed by atoms with Crippen LogP contribution in [-0.4, -0.2) is 48.2 Å². The zero-order valence-corrected chi connectivity index (χ0v) is 25.0. The Morgan fingerprint density at radius 2 is 1.93 bits per heavy atom. The van der Waals surface area contributed by atoms with Crippen molar-refractivity contribution in [2.75, 3.05) is 26.1 Å². The van der Waals surface area contributed by atoms with Gasteiger partial charge in [-0.25, -0.2) is 4.79 Å². The third-order valence-corrected chi connectivity index (χ3v) is 8.96. The van der Waals surface area contributed by atoms with Gasteiger partial charge in [0.15, 0.2) is 5.72 Å². The molecule has 3 unspecified atom stereocenters. The van der Waals surface area contributed by atoms with Crippen LogP contribution in [0.2, 0.25) is 0 Å². The number of para-hydroxylation sites is 1. The van der Waals surface area contributed by atoms with Crippen molar-refractivity contribution in [2.24, 2.45) is 0 Å². The summed E-state index contributed by atoms with van der Waals surface area (Å²) in [7, 11) is 3.46. The van der Waals surface area contributed by atoms with Crippen molar-refractivity contribution in [1.82, 2.24) is 9.55 Å². The highest BCUT2D eigenvalue weighted by Crippen LogP contribution is 2.53. The molecule has 0 radical (unpaired) electrons. The molecule has 8 heteroatoms. The van der Waals surface area contributed by atoms with Gasteiger partial charge in [0.05, 0.1) is 12.2 Å². The number of esters is 1. The third kappa shape index (κ3) is 4.19. The number of pyridine rings is 1. The van der Waals surface area contributed by atoms with Crippen molar-refractivity contribution < 1.29 is 23.7 Å². The number of aromatic nitrogens is 2. The molecular weight excluding hydrogens is 530 g/mol. The minimum absolute atomic E-state index is 0.0903. The van der Waals surface area contributed by atoms with Crippen LogP contribution in [0.4, 0.5) is 5.69 Å². The minimum atomic E-state index is -1.31. The molecule has 0 saturated heterocycles. The summed E-state index contributed by atoms with van der Waals surface area (Å²) in [4.78, 5) is 18.3. The summed E-state index contributed by atoms with van der Waals surface area (Å²) in [6, 6.07) is 17.8. The molecule has 3 atom stereocenters. The molecule has 2 aromatic carbocycles. The number of fused-ring (bicyclic) bond motifs is 2. The summed E-state index contributed by atoms with van der Waals surface area (Å²) < 4.78 is 27.1. The zero-order chi connectivity index (χ0) is 29.5. The molecule has 0 bridgehead atoms. The van der Waals surface area contributed by atoms with Crippen LogP contribution in [0, 0.1) is 6.92 Å². The SMILES string of the molecule is CCOc1cc(NC2(OC)CCCCC2OC)ccc1C1(c2c(C)n(CC)c3ccccc23)OC(=O)c2cccnc21. The Hall–Kier alpha value is -3.88. The predicted octanol–water partition coefficient (Wildman–Crippen LogP) is 6.57. The third-order valence-electron chi connectivity index (χ3n) is 8.96. The zero-order valence-electron chi connectivity index (χ0n) is 25.0. The van der Waals surface area contributed by atoms with Gasteiger partial charge in [-0.05, 0) is 70.4 Å². The lowest BCUT2D eigenvalue weighted by molar-refractivity contribution is -0.120. The van der Waals surface area contributed by atoms with E-state index in [-0.39, 0.29) is 6.10 Å². The number of carbonyl (C=O) groups is 1. The molecule has 1 N–H and O–H groups in total. The van der Waals surface area contributed by atoms with E-state index >= 15 is 0 Å². The van der Waals surface area contributed by atoms with Crippen LogP contribution in [0.15, 0.2) is 60.8 Å². The molecule has 1 aliphatic carbocycles. The van der Waals surface area contributed by atoms with Gasteiger partial charge in [0.1, 0.15) is 17.5 Å². The van der Waals surface area contributed by atoms with Gasteiger partial charge in [-0.2, -0.15) is 0 Å². The van der Waals surface area contributed by atoms with Crippen molar-refractivity contribution in [1.29, 1.82) is 0 Å². The fourth-order valence-corrected chi connectivity index (χ4v) is 7.12. The molecule has 8 nitrogen and oxygen atoms in total. The number of ether oxygens (including phenoxy) is 4. The van der Waals surface area contributed by atoms with E-state index in [0.29, 0.717) is 23.6 Å². The fourth-order valence-electron chi connectivity index (χ4n) is 7.12. The summed E-state index contributed by atoms with van der Waals surface area (Å²) in [6.45, 7) is 7.37. The van der Waals surface area contributed by atoms with E-state index in [2.05, 4.69) is 35.9 Å². The number of methoxy groups -OCH3 is 2. The van der Waals surface area contributed by atoms with Crippen molar-refractivity contribution in [3.05, 3.63) is 88.9 Å². The Kier molecular flexibility index (Phi) is 7.45. The smallest absolute Gasteiger partial charge is 0.341 e. The molecule has 2 aliphatic rings. The van der Waals surface area contributed by atoms with Crippen LogP contribution in [0.25, 0.3) is 10.9 Å². The number of nitrogens with zero attached hydrogens (tertiary/aromatic N) is 2. The van der Waals surface area contributed by atoms with Crippen LogP contribution >= 0.6 is 0 Å². The van der Waals surface area contributed by atoms with Crippen LogP contribution in [0.1, 0.15) is 72.4 Å². The largest absolute Gasteiger partial charge is 0.493 e. The number of hydrogen-bond acceptors (Lipinski definition) is 7. The number of cyclic esters (lactones) is 1. The van der Waals surface area contributed by atoms with E-state index < -0.39 is 17.3 Å². The maximum atomic E-state index is 13.5. The van der Waals surface area contributed by atoms with Gasteiger partial charge in [-0.3, -0.25) is 4.98 Å². The first kappa shape index (κ1) is 28.2. The van der Waals surface area contributed by atoms with Gasteiger partial charge in [-0.15, -0.1) is 0 Å². The highest BCUT2D eigenvalue weighted by molar-refractivity contribution is 5.98. The molecule has 6 rings (SSSR count). The molecule has 42 heavy (non-hydrogen) atoms. The quantitative estimate of drug-likeness (QED) is 0.180. The van der Waals surface area contributed by atoms with Gasteiger partial charge >= 0.3 is 5.97 Å². The van der Waals surface area contributed by atoms with E-state index in [4.69, 9.17) is 23.9 Å². The Bertz CT molecular complexity index is 1630. The molecule has 1 aliphatic heterocycles. The van der Waals surface area contributed by atoms with E-state index in [1.165, 1.54) is 0 Å². The molecule has 4 aromatic rings. The maximum absolute atomic E-state index is 13.5. The summed E-state index contributed by atoms with van der Waals surface area (Å²) >= 11 is 0. The molecular formula is C34H39N3O5. The first-order valence-electron chi connectivity index (χ1n) is 14.8. The topological polar surface area (TPSA) is 83.8 Å². The number of rotatable bonds is 9. The lowest BCUT2D eigenvalue weighted by Crippen LogP contribution is -2.53. The van der Waals surface area contributed by atoms with Crippen LogP contribution in [0.5, 0.6) is 5.75 Å². The fraction of sp³-hybridized carbons (Fsp3) is 0.412. The average Bonchev–Trinajstić information content (AvgIpc) is 3.48. The van der Waals surface area contributed by atoms with Crippen molar-refractivity contribution in [3.8, 4) is 5.75 Å². The highest BCUT2D eigenvalue weighted by atomic mass is 16.6. The number of aryl methyl sites for hydroxylation is 1. The number of anilines is 1. The van der Waals surface area contributed by atoms with Gasteiger partial charge in [0.25, 0.3) is 0 Å². The van der Waals surface area contributed by atoms with E-state index in [1.54, 1.807) is 32.5 Å². The van der Waals surface area contributed by atoms with E-state index in [9.17, 15) is 4.79 Å². The molecule has 0 amide bonds. The minimum Gasteiger partial charge on any atom is -0.493 e. The van der Waals surface area contributed by atoms with Gasteiger partial charge in [0, 0.05) is 66.4 Å². The van der Waals surface area contributed by atoms with Crippen molar-refractivity contribution >= 4 is 22.6 Å². The number of carbonyl (C=O) groups excluding carboxylic acids is 1. The standard InChI is InChI=1S/C34H39N3O5/c1-6-37-22(3)30(24-13-8-9-15-27(24)37)34(31-25(32(38)42-34)14-12-20-35-31)26-18-17-23(21-28(26)41-7-2)36-33(40-5)19-11-10-16-29(33)39-4/h8-9,12-15,17-18,20-21,29,36H,6-7,10-11,16,19H2,1-5H3. The van der Waals surface area contributed by atoms with Crippen LogP contribution in [0.3, 0.4) is 0 Å². The van der Waals surface area contributed by atoms with Crippen LogP contribution in [-0.2, 0) is 26.4 Å². The van der Waals surface area contributed by atoms with Gasteiger partial charge < -0.3 is 28.8 Å². The molecule has 220 valence electrons.